The van der Waals surface area contributed by atoms with Gasteiger partial charge in [-0.05, 0) is 69.6 Å². The molecule has 146 valence electrons. The van der Waals surface area contributed by atoms with Crippen molar-refractivity contribution in [1.82, 2.24) is 9.78 Å². The van der Waals surface area contributed by atoms with Crippen molar-refractivity contribution in [2.45, 2.75) is 46.2 Å². The van der Waals surface area contributed by atoms with Gasteiger partial charge in [-0.3, -0.25) is 4.79 Å². The van der Waals surface area contributed by atoms with Crippen LogP contribution in [0.5, 0.6) is 0 Å². The summed E-state index contributed by atoms with van der Waals surface area (Å²) in [4.78, 5) is 12.8. The van der Waals surface area contributed by atoms with Gasteiger partial charge < -0.3 is 5.32 Å². The minimum Gasteiger partial charge on any atom is -0.380 e. The molecule has 1 aromatic carbocycles. The molecule has 0 unspecified atom stereocenters. The summed E-state index contributed by atoms with van der Waals surface area (Å²) in [7, 11) is 0. The van der Waals surface area contributed by atoms with Gasteiger partial charge in [-0.25, -0.2) is 4.68 Å². The maximum Gasteiger partial charge on any atom is 0.283 e. The Kier molecular flexibility index (Phi) is 4.83. The first-order chi connectivity index (χ1) is 13.3. The lowest BCUT2D eigenvalue weighted by Crippen LogP contribution is -2.58. The van der Waals surface area contributed by atoms with Gasteiger partial charge in [0.05, 0.1) is 30.1 Å². The van der Waals surface area contributed by atoms with Crippen LogP contribution in [0.25, 0.3) is 0 Å². The average Bonchev–Trinajstić information content (AvgIpc) is 2.69. The molecule has 0 aliphatic heterocycles. The molecule has 3 aliphatic carbocycles. The van der Waals surface area contributed by atoms with Crippen LogP contribution < -0.4 is 10.9 Å². The second kappa shape index (κ2) is 7.04. The van der Waals surface area contributed by atoms with E-state index in [1.165, 1.54) is 11.1 Å². The Balaban J connectivity index is 1.50. The predicted molar refractivity (Wildman–Crippen MR) is 113 cm³/mol. The fraction of sp³-hybridized carbons (Fsp3) is 0.500. The van der Waals surface area contributed by atoms with Crippen molar-refractivity contribution in [1.29, 1.82) is 5.26 Å². The molecule has 5 rings (SSSR count). The van der Waals surface area contributed by atoms with Gasteiger partial charge in [-0.2, -0.15) is 10.4 Å². The molecule has 3 saturated carbocycles. The maximum absolute atomic E-state index is 12.8. The number of nitriles is 1. The Labute approximate surface area is 173 Å². The second-order valence-electron chi connectivity index (χ2n) is 8.85. The topological polar surface area (TPSA) is 70.7 Å². The van der Waals surface area contributed by atoms with Crippen LogP contribution in [-0.4, -0.2) is 15.8 Å². The highest BCUT2D eigenvalue weighted by Crippen LogP contribution is 2.61. The van der Waals surface area contributed by atoms with Gasteiger partial charge in [0.1, 0.15) is 4.47 Å². The average molecular weight is 441 g/mol. The number of anilines is 1. The molecule has 6 heteroatoms. The third-order valence-electron chi connectivity index (χ3n) is 7.10. The standard InChI is InChI=1S/C22H25BrN4O/c1-13-17-8-16(22(17,2)3)9-18(13)26-19-11-25-27(21(28)20(19)23)12-15-6-4-14(10-24)5-7-15/h4-7,11,13,16-18,26H,8-9,12H2,1-3H3/t13-,16+,17-,18-/m1/s1. The molecule has 0 amide bonds. The largest absolute Gasteiger partial charge is 0.380 e. The van der Waals surface area contributed by atoms with E-state index in [2.05, 4.69) is 53.2 Å². The fourth-order valence-electron chi connectivity index (χ4n) is 5.08. The zero-order chi connectivity index (χ0) is 20.1. The first-order valence-corrected chi connectivity index (χ1v) is 10.6. The van der Waals surface area contributed by atoms with E-state index in [0.29, 0.717) is 34.0 Å². The van der Waals surface area contributed by atoms with Crippen molar-refractivity contribution < 1.29 is 0 Å². The van der Waals surface area contributed by atoms with Crippen LogP contribution in [0.4, 0.5) is 5.69 Å². The molecule has 5 nitrogen and oxygen atoms in total. The Bertz CT molecular complexity index is 989. The summed E-state index contributed by atoms with van der Waals surface area (Å²) in [6.45, 7) is 7.48. The third kappa shape index (κ3) is 3.16. The van der Waals surface area contributed by atoms with Gasteiger partial charge >= 0.3 is 0 Å². The molecule has 3 aliphatic rings. The summed E-state index contributed by atoms with van der Waals surface area (Å²) < 4.78 is 1.98. The van der Waals surface area contributed by atoms with E-state index in [9.17, 15) is 4.79 Å². The van der Waals surface area contributed by atoms with Crippen molar-refractivity contribution in [3.05, 3.63) is 56.4 Å². The Morgan fingerprint density at radius 3 is 2.64 bits per heavy atom. The molecule has 2 bridgehead atoms. The van der Waals surface area contributed by atoms with E-state index in [4.69, 9.17) is 5.26 Å². The number of nitrogens with zero attached hydrogens (tertiary/aromatic N) is 3. The summed E-state index contributed by atoms with van der Waals surface area (Å²) in [5.74, 6) is 2.08. The lowest BCUT2D eigenvalue weighted by atomic mass is 9.45. The molecule has 28 heavy (non-hydrogen) atoms. The number of aromatic nitrogens is 2. The van der Waals surface area contributed by atoms with Crippen molar-refractivity contribution in [2.24, 2.45) is 23.2 Å². The summed E-state index contributed by atoms with van der Waals surface area (Å²) in [5.41, 5.74) is 2.61. The molecule has 1 aromatic heterocycles. The highest BCUT2D eigenvalue weighted by Gasteiger charge is 2.56. The monoisotopic (exact) mass is 440 g/mol. The van der Waals surface area contributed by atoms with Gasteiger partial charge in [0.25, 0.3) is 5.56 Å². The molecule has 4 atom stereocenters. The number of hydrogen-bond acceptors (Lipinski definition) is 4. The minimum absolute atomic E-state index is 0.150. The second-order valence-corrected chi connectivity index (χ2v) is 9.64. The van der Waals surface area contributed by atoms with Gasteiger partial charge in [0, 0.05) is 6.04 Å². The third-order valence-corrected chi connectivity index (χ3v) is 7.86. The van der Waals surface area contributed by atoms with Crippen LogP contribution in [0, 0.1) is 34.5 Å². The van der Waals surface area contributed by atoms with Gasteiger partial charge in [-0.1, -0.05) is 32.9 Å². The molecule has 1 heterocycles. The predicted octanol–water partition coefficient (Wildman–Crippen LogP) is 4.41. The normalized spacial score (nSPS) is 27.5. The fourth-order valence-corrected chi connectivity index (χ4v) is 5.50. The smallest absolute Gasteiger partial charge is 0.283 e. The lowest BCUT2D eigenvalue weighted by Gasteiger charge is -2.62. The van der Waals surface area contributed by atoms with Gasteiger partial charge in [-0.15, -0.1) is 0 Å². The molecule has 3 fully saturated rings. The van der Waals surface area contributed by atoms with Crippen molar-refractivity contribution in [3.8, 4) is 6.07 Å². The Morgan fingerprint density at radius 2 is 2.04 bits per heavy atom. The Morgan fingerprint density at radius 1 is 1.32 bits per heavy atom. The first kappa shape index (κ1) is 19.2. The van der Waals surface area contributed by atoms with Crippen molar-refractivity contribution in [3.63, 3.8) is 0 Å². The van der Waals surface area contributed by atoms with Crippen LogP contribution in [0.3, 0.4) is 0 Å². The summed E-state index contributed by atoms with van der Waals surface area (Å²) >= 11 is 3.48. The number of hydrogen-bond donors (Lipinski definition) is 1. The molecular formula is C22H25BrN4O. The minimum atomic E-state index is -0.150. The number of rotatable bonds is 4. The van der Waals surface area contributed by atoms with E-state index in [-0.39, 0.29) is 5.56 Å². The van der Waals surface area contributed by atoms with E-state index in [1.54, 1.807) is 18.3 Å². The molecule has 2 aromatic rings. The highest BCUT2D eigenvalue weighted by molar-refractivity contribution is 9.10. The van der Waals surface area contributed by atoms with E-state index in [0.717, 1.165) is 29.5 Å². The van der Waals surface area contributed by atoms with Crippen LogP contribution in [0.1, 0.15) is 44.7 Å². The van der Waals surface area contributed by atoms with E-state index >= 15 is 0 Å². The summed E-state index contributed by atoms with van der Waals surface area (Å²) in [6, 6.07) is 9.69. The van der Waals surface area contributed by atoms with E-state index < -0.39 is 0 Å². The number of nitrogens with one attached hydrogen (secondary N) is 1. The van der Waals surface area contributed by atoms with Crippen LogP contribution in [0.15, 0.2) is 39.7 Å². The van der Waals surface area contributed by atoms with Crippen LogP contribution in [-0.2, 0) is 6.54 Å². The molecule has 1 N–H and O–H groups in total. The van der Waals surface area contributed by atoms with Crippen molar-refractivity contribution >= 4 is 21.6 Å². The number of benzene rings is 1. The van der Waals surface area contributed by atoms with Gasteiger partial charge in [0.15, 0.2) is 0 Å². The summed E-state index contributed by atoms with van der Waals surface area (Å²) in [5, 5.41) is 16.9. The van der Waals surface area contributed by atoms with Crippen LogP contribution in [0.2, 0.25) is 0 Å². The highest BCUT2D eigenvalue weighted by atomic mass is 79.9. The zero-order valence-corrected chi connectivity index (χ0v) is 18.0. The van der Waals surface area contributed by atoms with E-state index in [1.807, 2.05) is 12.1 Å². The maximum atomic E-state index is 12.8. The lowest BCUT2D eigenvalue weighted by molar-refractivity contribution is -0.105. The molecule has 0 spiro atoms. The van der Waals surface area contributed by atoms with Crippen molar-refractivity contribution in [2.75, 3.05) is 5.32 Å². The molecule has 0 radical (unpaired) electrons. The number of halogens is 1. The Hall–Kier alpha value is -2.13. The molecular weight excluding hydrogens is 416 g/mol. The molecule has 0 saturated heterocycles. The van der Waals surface area contributed by atoms with Gasteiger partial charge in [0.2, 0.25) is 0 Å². The zero-order valence-electron chi connectivity index (χ0n) is 16.4. The van der Waals surface area contributed by atoms with Crippen LogP contribution >= 0.6 is 15.9 Å². The summed E-state index contributed by atoms with van der Waals surface area (Å²) in [6.07, 6.45) is 4.22. The SMILES string of the molecule is C[C@@H]1[C@H]2C[C@@H](C[C@H]1Nc1cnn(Cc3ccc(C#N)cc3)c(=O)c1Br)C2(C)C. The first-order valence-electron chi connectivity index (χ1n) is 9.82. The quantitative estimate of drug-likeness (QED) is 0.763. The number of fused-ring (bicyclic) bond motifs is 2.